The Morgan fingerprint density at radius 3 is 2.11 bits per heavy atom. The zero-order valence-electron chi connectivity index (χ0n) is 34.6. The number of phenolic OH excluding ortho intramolecular Hbond substituents is 2. The number of aromatic hydroxyl groups is 2. The third-order valence-electron chi connectivity index (χ3n) is 10.7. The van der Waals surface area contributed by atoms with E-state index in [2.05, 4.69) is 40.3 Å². The highest BCUT2D eigenvalue weighted by Crippen LogP contribution is 2.39. The molecule has 0 radical (unpaired) electrons. The number of phenols is 2. The minimum atomic E-state index is -1.46. The lowest BCUT2D eigenvalue weighted by Crippen LogP contribution is -2.55. The quantitative estimate of drug-likeness (QED) is 0.0803. The Kier molecular flexibility index (Phi) is 15.6. The zero-order valence-corrected chi connectivity index (χ0v) is 34.6. The molecule has 15 nitrogen and oxygen atoms in total. The van der Waals surface area contributed by atoms with Crippen LogP contribution in [-0.4, -0.2) is 94.0 Å². The lowest BCUT2D eigenvalue weighted by molar-refractivity contribution is -0.143. The van der Waals surface area contributed by atoms with Gasteiger partial charge in [0.1, 0.15) is 35.7 Å². The van der Waals surface area contributed by atoms with Crippen molar-refractivity contribution in [1.29, 1.82) is 0 Å². The highest BCUT2D eigenvalue weighted by molar-refractivity contribution is 5.98. The number of benzene rings is 4. The first-order valence-electron chi connectivity index (χ1n) is 20.4. The second-order valence-electron chi connectivity index (χ2n) is 15.3. The third kappa shape index (κ3) is 11.7. The van der Waals surface area contributed by atoms with Crippen molar-refractivity contribution < 1.29 is 44.1 Å². The molecule has 0 saturated heterocycles. The van der Waals surface area contributed by atoms with Crippen LogP contribution in [0.5, 0.6) is 11.5 Å². The summed E-state index contributed by atoms with van der Waals surface area (Å²) in [5.41, 5.74) is 10.1. The molecule has 61 heavy (non-hydrogen) atoms. The fourth-order valence-electron chi connectivity index (χ4n) is 7.20. The molecule has 4 aromatic carbocycles. The van der Waals surface area contributed by atoms with Gasteiger partial charge in [0.25, 0.3) is 5.91 Å². The van der Waals surface area contributed by atoms with Gasteiger partial charge in [0, 0.05) is 30.2 Å². The van der Waals surface area contributed by atoms with Crippen molar-refractivity contribution in [2.75, 3.05) is 20.1 Å². The number of amides is 5. The van der Waals surface area contributed by atoms with Crippen molar-refractivity contribution in [2.24, 2.45) is 5.73 Å². The normalized spacial score (nSPS) is 16.9. The summed E-state index contributed by atoms with van der Waals surface area (Å²) in [5, 5.41) is 42.0. The molecule has 0 spiro atoms. The summed E-state index contributed by atoms with van der Waals surface area (Å²) in [6, 6.07) is 18.4. The van der Waals surface area contributed by atoms with E-state index in [0.717, 1.165) is 35.3 Å². The van der Waals surface area contributed by atoms with Crippen LogP contribution in [0.1, 0.15) is 79.0 Å². The molecule has 322 valence electrons. The van der Waals surface area contributed by atoms with Gasteiger partial charge in [-0.05, 0) is 110 Å². The first-order valence-corrected chi connectivity index (χ1v) is 20.4. The molecule has 1 aliphatic rings. The van der Waals surface area contributed by atoms with Gasteiger partial charge in [-0.2, -0.15) is 0 Å². The van der Waals surface area contributed by atoms with E-state index in [4.69, 9.17) is 5.73 Å². The van der Waals surface area contributed by atoms with Crippen molar-refractivity contribution in [2.45, 2.75) is 83.0 Å². The van der Waals surface area contributed by atoms with E-state index in [1.54, 1.807) is 12.1 Å². The van der Waals surface area contributed by atoms with Gasteiger partial charge in [-0.1, -0.05) is 61.9 Å². The summed E-state index contributed by atoms with van der Waals surface area (Å²) in [6.45, 7) is 3.38. The number of nitrogens with zero attached hydrogens (tertiary/aromatic N) is 1. The van der Waals surface area contributed by atoms with Crippen LogP contribution in [0.15, 0.2) is 84.9 Å². The van der Waals surface area contributed by atoms with E-state index < -0.39 is 66.2 Å². The molecule has 1 aliphatic heterocycles. The number of nitrogens with two attached hydrogens (primary N) is 1. The fraction of sp³-hybridized carbons (Fsp3) is 0.348. The second-order valence-corrected chi connectivity index (χ2v) is 15.3. The molecule has 0 fully saturated rings. The standard InChI is InChI=1S/C46H54N6O9/c1-4-5-8-28-10-13-30(14-11-28)31-15-17-32(18-16-31)43(57)48-26-40(55)50-36(9-6-7-22-47)45(59)52(3)41-33-19-21-39(54)35(25-33)34-23-29(12-20-38(34)53)24-37(46(60)61)51-42(56)27(2)49-44(41)58/h10-21,23,25,27,36-37,41,53-54H,4-9,22,24,26,47H2,1-3H3,(H,48,57)(H,49,58)(H,50,55)(H,51,56)(H,60,61). The number of aliphatic carboxylic acids is 1. The van der Waals surface area contributed by atoms with Gasteiger partial charge in [0.15, 0.2) is 0 Å². The molecule has 1 heterocycles. The van der Waals surface area contributed by atoms with Crippen LogP contribution in [0.25, 0.3) is 22.3 Å². The monoisotopic (exact) mass is 834 g/mol. The first kappa shape index (κ1) is 45.3. The highest BCUT2D eigenvalue weighted by atomic mass is 16.4. The van der Waals surface area contributed by atoms with Crippen LogP contribution in [0.4, 0.5) is 0 Å². The van der Waals surface area contributed by atoms with E-state index in [1.165, 1.54) is 55.9 Å². The van der Waals surface area contributed by atoms with Gasteiger partial charge in [-0.3, -0.25) is 24.0 Å². The van der Waals surface area contributed by atoms with Gasteiger partial charge in [-0.25, -0.2) is 4.79 Å². The number of aryl methyl sites for hydroxylation is 1. The molecule has 0 aromatic heterocycles. The van der Waals surface area contributed by atoms with Crippen molar-refractivity contribution in [1.82, 2.24) is 26.2 Å². The average molecular weight is 835 g/mol. The number of unbranched alkanes of at least 4 members (excludes halogenated alkanes) is 2. The van der Waals surface area contributed by atoms with E-state index in [9.17, 15) is 44.1 Å². The van der Waals surface area contributed by atoms with Crippen molar-refractivity contribution in [3.8, 4) is 33.8 Å². The number of carboxylic acid groups (broad SMARTS) is 1. The smallest absolute Gasteiger partial charge is 0.326 e. The van der Waals surface area contributed by atoms with E-state index >= 15 is 0 Å². The SMILES string of the molecule is CCCCc1ccc(-c2ccc(C(=O)NCC(=O)NC(CCCCN)C(=O)N(C)C3C(=O)NC(C)C(=O)NC(C(=O)O)Cc4ccc(O)c(c4)-c4cc3ccc4O)cc2)cc1. The Balaban J connectivity index is 1.36. The van der Waals surface area contributed by atoms with E-state index in [-0.39, 0.29) is 41.0 Å². The molecule has 0 saturated carbocycles. The molecular formula is C46H54N6O9. The summed E-state index contributed by atoms with van der Waals surface area (Å²) >= 11 is 0. The van der Waals surface area contributed by atoms with Crippen molar-refractivity contribution in [3.05, 3.63) is 107 Å². The van der Waals surface area contributed by atoms with Crippen LogP contribution in [-0.2, 0) is 36.8 Å². The van der Waals surface area contributed by atoms with Crippen LogP contribution >= 0.6 is 0 Å². The lowest BCUT2D eigenvalue weighted by atomic mass is 9.93. The summed E-state index contributed by atoms with van der Waals surface area (Å²) in [6.07, 6.45) is 4.17. The van der Waals surface area contributed by atoms with Crippen molar-refractivity contribution >= 4 is 35.5 Å². The molecule has 5 rings (SSSR count). The maximum Gasteiger partial charge on any atom is 0.326 e. The van der Waals surface area contributed by atoms with Crippen LogP contribution in [0.3, 0.4) is 0 Å². The number of hydrogen-bond acceptors (Lipinski definition) is 9. The number of carbonyl (C=O) groups excluding carboxylic acids is 5. The predicted molar refractivity (Wildman–Crippen MR) is 229 cm³/mol. The Morgan fingerprint density at radius 1 is 0.836 bits per heavy atom. The van der Waals surface area contributed by atoms with Gasteiger partial charge >= 0.3 is 5.97 Å². The minimum Gasteiger partial charge on any atom is -0.507 e. The van der Waals surface area contributed by atoms with Gasteiger partial charge in [-0.15, -0.1) is 0 Å². The Bertz CT molecular complexity index is 2230. The van der Waals surface area contributed by atoms with Gasteiger partial charge < -0.3 is 47.2 Å². The molecular weight excluding hydrogens is 781 g/mol. The number of hydrogen-bond donors (Lipinski definition) is 8. The van der Waals surface area contributed by atoms with Crippen LogP contribution in [0, 0.1) is 0 Å². The number of likely N-dealkylation sites (N-methyl/N-ethyl adjacent to an activating group) is 1. The molecule has 4 unspecified atom stereocenters. The largest absolute Gasteiger partial charge is 0.507 e. The Morgan fingerprint density at radius 2 is 1.48 bits per heavy atom. The van der Waals surface area contributed by atoms with Gasteiger partial charge in [0.05, 0.1) is 6.54 Å². The molecule has 9 N–H and O–H groups in total. The molecule has 0 aliphatic carbocycles. The number of fused-ring (bicyclic) bond motifs is 5. The summed E-state index contributed by atoms with van der Waals surface area (Å²) in [4.78, 5) is 81.4. The lowest BCUT2D eigenvalue weighted by Gasteiger charge is -2.32. The molecule has 4 bridgehead atoms. The fourth-order valence-corrected chi connectivity index (χ4v) is 7.20. The third-order valence-corrected chi connectivity index (χ3v) is 10.7. The minimum absolute atomic E-state index is 0.0890. The second kappa shape index (κ2) is 21.0. The maximum absolute atomic E-state index is 14.4. The Hall–Kier alpha value is -6.74. The van der Waals surface area contributed by atoms with Crippen LogP contribution in [0.2, 0.25) is 0 Å². The van der Waals surface area contributed by atoms with E-state index in [1.807, 2.05) is 24.3 Å². The predicted octanol–water partition coefficient (Wildman–Crippen LogP) is 3.95. The summed E-state index contributed by atoms with van der Waals surface area (Å²) < 4.78 is 0. The zero-order chi connectivity index (χ0) is 44.2. The number of rotatable bonds is 15. The molecule has 5 amide bonds. The number of carboxylic acids is 1. The summed E-state index contributed by atoms with van der Waals surface area (Å²) in [5.74, 6) is -5.34. The van der Waals surface area contributed by atoms with Crippen LogP contribution < -0.4 is 27.0 Å². The van der Waals surface area contributed by atoms with E-state index in [0.29, 0.717) is 30.5 Å². The summed E-state index contributed by atoms with van der Waals surface area (Å²) in [7, 11) is 1.35. The first-order chi connectivity index (χ1) is 29.2. The van der Waals surface area contributed by atoms with Gasteiger partial charge in [0.2, 0.25) is 23.6 Å². The molecule has 15 heteroatoms. The maximum atomic E-state index is 14.4. The Labute approximate surface area is 354 Å². The van der Waals surface area contributed by atoms with Crippen molar-refractivity contribution in [3.63, 3.8) is 0 Å². The average Bonchev–Trinajstić information content (AvgIpc) is 3.25. The number of nitrogens with one attached hydrogen (secondary N) is 4. The molecule has 4 aromatic rings. The molecule has 4 atom stereocenters. The number of carbonyl (C=O) groups is 6. The highest BCUT2D eigenvalue weighted by Gasteiger charge is 2.36. The topological polar surface area (TPSA) is 240 Å².